The van der Waals surface area contributed by atoms with Crippen LogP contribution in [0.25, 0.3) is 11.3 Å². The first kappa shape index (κ1) is 24.3. The predicted molar refractivity (Wildman–Crippen MR) is 125 cm³/mol. The summed E-state index contributed by atoms with van der Waals surface area (Å²) in [5.74, 6) is -0.427. The number of anilines is 1. The molecule has 1 N–H and O–H groups in total. The number of hydrogen-bond donors (Lipinski definition) is 1. The summed E-state index contributed by atoms with van der Waals surface area (Å²) in [6.07, 6.45) is -4.15. The fourth-order valence-electron chi connectivity index (χ4n) is 3.75. The summed E-state index contributed by atoms with van der Waals surface area (Å²) < 4.78 is 44.1. The number of carbonyl (C=O) groups excluding carboxylic acids is 2. The molecule has 1 aromatic heterocycles. The molecule has 4 rings (SSSR count). The van der Waals surface area contributed by atoms with Crippen LogP contribution in [-0.2, 0) is 24.0 Å². The number of carbonyl (C=O) groups is 2. The van der Waals surface area contributed by atoms with E-state index in [2.05, 4.69) is 10.3 Å². The Morgan fingerprint density at radius 2 is 1.69 bits per heavy atom. The second kappa shape index (κ2) is 9.05. The van der Waals surface area contributed by atoms with E-state index in [1.165, 1.54) is 6.07 Å². The Labute approximate surface area is 200 Å². The van der Waals surface area contributed by atoms with E-state index in [9.17, 15) is 22.8 Å². The zero-order valence-corrected chi connectivity index (χ0v) is 19.4. The number of pyridine rings is 1. The lowest BCUT2D eigenvalue weighted by Gasteiger charge is -2.24. The van der Waals surface area contributed by atoms with Crippen molar-refractivity contribution in [1.82, 2.24) is 9.88 Å². The Balaban J connectivity index is 1.51. The molecule has 0 fully saturated rings. The normalized spacial score (nSPS) is 13.4. The molecule has 0 spiro atoms. The number of nitrogens with one attached hydrogen (secondary N) is 1. The van der Waals surface area contributed by atoms with Crippen molar-refractivity contribution in [2.24, 2.45) is 0 Å². The van der Waals surface area contributed by atoms with Gasteiger partial charge in [-0.3, -0.25) is 14.7 Å². The molecule has 0 aliphatic carbocycles. The molecule has 6 nitrogen and oxygen atoms in total. The smallest absolute Gasteiger partial charge is 0.417 e. The van der Waals surface area contributed by atoms with Gasteiger partial charge in [0.25, 0.3) is 5.91 Å². The van der Waals surface area contributed by atoms with Gasteiger partial charge in [-0.05, 0) is 62.2 Å². The fraction of sp³-hybridized carbons (Fsp3) is 0.269. The molecule has 2 aromatic carbocycles. The number of nitrogens with zero attached hydrogens (tertiary/aromatic N) is 2. The quantitative estimate of drug-likeness (QED) is 0.477. The summed E-state index contributed by atoms with van der Waals surface area (Å²) in [5.41, 5.74) is 1.88. The molecular weight excluding hydrogens is 459 g/mol. The Kier molecular flexibility index (Phi) is 6.27. The molecule has 1 aliphatic rings. The number of alkyl halides is 3. The van der Waals surface area contributed by atoms with Crippen molar-refractivity contribution < 1.29 is 27.5 Å². The lowest BCUT2D eigenvalue weighted by molar-refractivity contribution is -0.137. The minimum absolute atomic E-state index is 0.255. The minimum atomic E-state index is -4.49. The Hall–Kier alpha value is -3.88. The third-order valence-corrected chi connectivity index (χ3v) is 5.38. The van der Waals surface area contributed by atoms with Crippen molar-refractivity contribution in [3.8, 4) is 11.3 Å². The fourth-order valence-corrected chi connectivity index (χ4v) is 3.75. The maximum atomic E-state index is 13.1. The standard InChI is InChI=1S/C26H24F3N3O3/c1-25(2,3)35-24(34)32-14-16-8-10-19(12-17(16)15-32)31-23(33)21-7-5-4-6-20(21)22-11-9-18(13-30-22)26(27,28)29/h4-13H,14-15H2,1-3H3,(H,31,33). The van der Waals surface area contributed by atoms with Crippen LogP contribution in [0.1, 0.15) is 47.8 Å². The Morgan fingerprint density at radius 3 is 2.34 bits per heavy atom. The number of ether oxygens (including phenoxy) is 1. The molecule has 0 radical (unpaired) electrons. The highest BCUT2D eigenvalue weighted by atomic mass is 19.4. The summed E-state index contributed by atoms with van der Waals surface area (Å²) in [6, 6.07) is 14.1. The number of hydrogen-bond acceptors (Lipinski definition) is 4. The van der Waals surface area contributed by atoms with Gasteiger partial charge < -0.3 is 10.1 Å². The van der Waals surface area contributed by atoms with Gasteiger partial charge in [-0.15, -0.1) is 0 Å². The van der Waals surface area contributed by atoms with Gasteiger partial charge in [-0.1, -0.05) is 24.3 Å². The van der Waals surface area contributed by atoms with Crippen LogP contribution in [0.5, 0.6) is 0 Å². The molecule has 182 valence electrons. The first-order chi connectivity index (χ1) is 16.4. The second-order valence-electron chi connectivity index (χ2n) is 9.25. The van der Waals surface area contributed by atoms with Crippen LogP contribution in [-0.4, -0.2) is 27.5 Å². The third kappa shape index (κ3) is 5.62. The molecule has 1 aliphatic heterocycles. The lowest BCUT2D eigenvalue weighted by atomic mass is 10.0. The van der Waals surface area contributed by atoms with Gasteiger partial charge >= 0.3 is 12.3 Å². The van der Waals surface area contributed by atoms with Crippen molar-refractivity contribution in [2.75, 3.05) is 5.32 Å². The zero-order chi connectivity index (χ0) is 25.4. The van der Waals surface area contributed by atoms with Crippen molar-refractivity contribution in [3.63, 3.8) is 0 Å². The maximum Gasteiger partial charge on any atom is 0.417 e. The largest absolute Gasteiger partial charge is 0.444 e. The summed E-state index contributed by atoms with van der Waals surface area (Å²) >= 11 is 0. The van der Waals surface area contributed by atoms with Gasteiger partial charge in [-0.2, -0.15) is 13.2 Å². The van der Waals surface area contributed by atoms with E-state index in [1.807, 2.05) is 6.07 Å². The molecule has 0 unspecified atom stereocenters. The van der Waals surface area contributed by atoms with E-state index in [0.717, 1.165) is 23.4 Å². The molecular formula is C26H24F3N3O3. The maximum absolute atomic E-state index is 13.1. The van der Waals surface area contributed by atoms with Gasteiger partial charge in [-0.25, -0.2) is 4.79 Å². The Bertz CT molecular complexity index is 1270. The summed E-state index contributed by atoms with van der Waals surface area (Å²) in [5, 5.41) is 2.83. The summed E-state index contributed by atoms with van der Waals surface area (Å²) in [4.78, 5) is 31.0. The second-order valence-corrected chi connectivity index (χ2v) is 9.25. The first-order valence-corrected chi connectivity index (χ1v) is 10.9. The molecule has 0 saturated carbocycles. The van der Waals surface area contributed by atoms with Crippen LogP contribution in [0.3, 0.4) is 0 Å². The van der Waals surface area contributed by atoms with Crippen molar-refractivity contribution in [2.45, 2.75) is 45.6 Å². The van der Waals surface area contributed by atoms with Crippen LogP contribution in [0, 0.1) is 0 Å². The van der Waals surface area contributed by atoms with E-state index < -0.39 is 29.3 Å². The average molecular weight is 483 g/mol. The van der Waals surface area contributed by atoms with Crippen molar-refractivity contribution in [1.29, 1.82) is 0 Å². The molecule has 2 heterocycles. The van der Waals surface area contributed by atoms with Crippen LogP contribution < -0.4 is 5.32 Å². The van der Waals surface area contributed by atoms with Crippen LogP contribution in [0.4, 0.5) is 23.7 Å². The molecule has 0 saturated heterocycles. The summed E-state index contributed by atoms with van der Waals surface area (Å²) in [6.45, 7) is 6.19. The predicted octanol–water partition coefficient (Wildman–Crippen LogP) is 6.27. The summed E-state index contributed by atoms with van der Waals surface area (Å²) in [7, 11) is 0. The highest BCUT2D eigenvalue weighted by Crippen LogP contribution is 2.31. The number of fused-ring (bicyclic) bond motifs is 1. The topological polar surface area (TPSA) is 71.5 Å². The number of amides is 2. The SMILES string of the molecule is CC(C)(C)OC(=O)N1Cc2ccc(NC(=O)c3ccccc3-c3ccc(C(F)(F)F)cn3)cc2C1. The van der Waals surface area contributed by atoms with Gasteiger partial charge in [0.2, 0.25) is 0 Å². The van der Waals surface area contributed by atoms with Crippen molar-refractivity contribution in [3.05, 3.63) is 83.0 Å². The number of benzene rings is 2. The molecule has 9 heteroatoms. The number of halogens is 3. The van der Waals surface area contributed by atoms with Gasteiger partial charge in [0.1, 0.15) is 5.60 Å². The van der Waals surface area contributed by atoms with E-state index in [0.29, 0.717) is 24.3 Å². The van der Waals surface area contributed by atoms with Crippen molar-refractivity contribution >= 4 is 17.7 Å². The van der Waals surface area contributed by atoms with Gasteiger partial charge in [0, 0.05) is 36.1 Å². The molecule has 2 amide bonds. The van der Waals surface area contributed by atoms with E-state index in [4.69, 9.17) is 4.74 Å². The third-order valence-electron chi connectivity index (χ3n) is 5.38. The van der Waals surface area contributed by atoms with E-state index in [-0.39, 0.29) is 11.3 Å². The van der Waals surface area contributed by atoms with E-state index in [1.54, 1.807) is 62.1 Å². The Morgan fingerprint density at radius 1 is 0.971 bits per heavy atom. The van der Waals surface area contributed by atoms with Crippen LogP contribution >= 0.6 is 0 Å². The molecule has 3 aromatic rings. The van der Waals surface area contributed by atoms with Gasteiger partial charge in [0.15, 0.2) is 0 Å². The number of rotatable bonds is 3. The lowest BCUT2D eigenvalue weighted by Crippen LogP contribution is -2.33. The molecule has 35 heavy (non-hydrogen) atoms. The van der Waals surface area contributed by atoms with Crippen LogP contribution in [0.2, 0.25) is 0 Å². The van der Waals surface area contributed by atoms with Crippen LogP contribution in [0.15, 0.2) is 60.8 Å². The van der Waals surface area contributed by atoms with Gasteiger partial charge in [0.05, 0.1) is 11.3 Å². The molecule has 0 bridgehead atoms. The minimum Gasteiger partial charge on any atom is -0.444 e. The highest BCUT2D eigenvalue weighted by Gasteiger charge is 2.31. The monoisotopic (exact) mass is 483 g/mol. The first-order valence-electron chi connectivity index (χ1n) is 10.9. The highest BCUT2D eigenvalue weighted by molar-refractivity contribution is 6.08. The average Bonchev–Trinajstić information content (AvgIpc) is 3.21. The zero-order valence-electron chi connectivity index (χ0n) is 19.4. The number of aromatic nitrogens is 1. The van der Waals surface area contributed by atoms with E-state index >= 15 is 0 Å². The molecule has 0 atom stereocenters.